The molecule has 192 valence electrons. The Balaban J connectivity index is 1.58. The second-order valence-corrected chi connectivity index (χ2v) is 9.33. The highest BCUT2D eigenvalue weighted by atomic mass is 16.4. The molecule has 0 aliphatic heterocycles. The smallest absolute Gasteiger partial charge is 0.354 e. The van der Waals surface area contributed by atoms with Crippen LogP contribution < -0.4 is 0 Å². The average molecular weight is 507 g/mol. The van der Waals surface area contributed by atoms with Crippen LogP contribution in [-0.4, -0.2) is 41.3 Å². The molecule has 0 radical (unpaired) electrons. The highest BCUT2D eigenvalue weighted by Crippen LogP contribution is 2.36. The van der Waals surface area contributed by atoms with E-state index in [0.717, 1.165) is 57.6 Å². The second-order valence-electron chi connectivity index (χ2n) is 9.33. The van der Waals surface area contributed by atoms with Gasteiger partial charge in [0.05, 0.1) is 5.69 Å². The molecule has 0 fully saturated rings. The number of hydrogen-bond donors (Lipinski definition) is 2. The molecule has 8 heteroatoms. The lowest BCUT2D eigenvalue weighted by Gasteiger charge is -2.15. The van der Waals surface area contributed by atoms with Crippen molar-refractivity contribution in [2.24, 2.45) is 0 Å². The van der Waals surface area contributed by atoms with Crippen molar-refractivity contribution in [2.75, 3.05) is 0 Å². The summed E-state index contributed by atoms with van der Waals surface area (Å²) in [6.07, 6.45) is 2.21. The topological polar surface area (TPSA) is 110 Å². The number of nitrogens with zero attached hydrogens (tertiary/aromatic N) is 5. The van der Waals surface area contributed by atoms with Crippen LogP contribution in [0.15, 0.2) is 66.7 Å². The number of carboxylic acid groups (broad SMARTS) is 1. The molecule has 2 heterocycles. The number of carbonyl (C=O) groups is 1. The Morgan fingerprint density at radius 2 is 1.74 bits per heavy atom. The number of tetrazole rings is 1. The monoisotopic (exact) mass is 506 g/mol. The van der Waals surface area contributed by atoms with E-state index in [1.54, 1.807) is 0 Å². The van der Waals surface area contributed by atoms with Gasteiger partial charge in [0, 0.05) is 18.5 Å². The molecule has 0 atom stereocenters. The minimum absolute atomic E-state index is 0.285. The van der Waals surface area contributed by atoms with Crippen LogP contribution in [-0.2, 0) is 19.4 Å². The molecule has 0 bridgehead atoms. The Morgan fingerprint density at radius 1 is 0.947 bits per heavy atom. The quantitative estimate of drug-likeness (QED) is 0.255. The van der Waals surface area contributed by atoms with Gasteiger partial charge in [-0.25, -0.2) is 9.78 Å². The number of aromatic amines is 1. The molecule has 3 aromatic carbocycles. The van der Waals surface area contributed by atoms with Gasteiger partial charge in [-0.05, 0) is 70.5 Å². The van der Waals surface area contributed by atoms with Crippen molar-refractivity contribution in [3.8, 4) is 33.6 Å². The fraction of sp³-hybridized carbons (Fsp3) is 0.233. The third kappa shape index (κ3) is 4.85. The van der Waals surface area contributed by atoms with Crippen LogP contribution in [0.2, 0.25) is 0 Å². The van der Waals surface area contributed by atoms with E-state index in [2.05, 4.69) is 81.9 Å². The molecule has 5 rings (SSSR count). The summed E-state index contributed by atoms with van der Waals surface area (Å²) >= 11 is 0. The largest absolute Gasteiger partial charge is 0.477 e. The van der Waals surface area contributed by atoms with Crippen LogP contribution in [0.3, 0.4) is 0 Å². The molecule has 0 aliphatic carbocycles. The van der Waals surface area contributed by atoms with E-state index in [0.29, 0.717) is 24.5 Å². The van der Waals surface area contributed by atoms with E-state index < -0.39 is 5.97 Å². The number of carboxylic acids is 1. The number of H-pyrrole nitrogens is 1. The third-order valence-electron chi connectivity index (χ3n) is 6.76. The van der Waals surface area contributed by atoms with Crippen molar-refractivity contribution >= 4 is 5.97 Å². The summed E-state index contributed by atoms with van der Waals surface area (Å²) < 4.78 is 1.86. The van der Waals surface area contributed by atoms with Gasteiger partial charge in [-0.3, -0.25) is 0 Å². The SMILES string of the molecule is CCCc1nc(CC)c(C(=O)O)n1Cc1ccc(-c2cc(-c3ccccc3)ccc2-c2nn[nH]n2)c(C)c1. The summed E-state index contributed by atoms with van der Waals surface area (Å²) in [5.74, 6) is 0.412. The summed E-state index contributed by atoms with van der Waals surface area (Å²) in [4.78, 5) is 16.8. The zero-order valence-electron chi connectivity index (χ0n) is 21.8. The molecule has 5 aromatic rings. The zero-order valence-corrected chi connectivity index (χ0v) is 21.8. The first-order valence-electron chi connectivity index (χ1n) is 12.8. The molecule has 0 unspecified atom stereocenters. The molecule has 0 saturated heterocycles. The van der Waals surface area contributed by atoms with Crippen molar-refractivity contribution in [3.63, 3.8) is 0 Å². The fourth-order valence-electron chi connectivity index (χ4n) is 4.98. The van der Waals surface area contributed by atoms with Gasteiger partial charge in [-0.1, -0.05) is 68.4 Å². The summed E-state index contributed by atoms with van der Waals surface area (Å²) in [7, 11) is 0. The standard InChI is InChI=1S/C30H30N6O2/c1-4-9-27-31-26(5-2)28(30(37)38)36(27)18-20-12-14-23(19(3)16-20)25-17-22(21-10-7-6-8-11-21)13-15-24(25)29-32-34-35-33-29/h6-8,10-17H,4-5,9,18H2,1-3H3,(H,37,38)(H,32,33,34,35). The van der Waals surface area contributed by atoms with Gasteiger partial charge in [0.15, 0.2) is 5.69 Å². The van der Waals surface area contributed by atoms with Gasteiger partial charge in [-0.15, -0.1) is 10.2 Å². The lowest BCUT2D eigenvalue weighted by molar-refractivity contribution is 0.0684. The lowest BCUT2D eigenvalue weighted by atomic mass is 9.91. The highest BCUT2D eigenvalue weighted by molar-refractivity contribution is 5.88. The van der Waals surface area contributed by atoms with Crippen molar-refractivity contribution in [3.05, 3.63) is 95.1 Å². The molecule has 8 nitrogen and oxygen atoms in total. The summed E-state index contributed by atoms with van der Waals surface area (Å²) in [6, 6.07) is 22.8. The molecule has 2 N–H and O–H groups in total. The Hall–Kier alpha value is -4.59. The number of aromatic nitrogens is 6. The van der Waals surface area contributed by atoms with E-state index >= 15 is 0 Å². The number of aryl methyl sites for hydroxylation is 3. The first kappa shape index (κ1) is 25.1. The predicted octanol–water partition coefficient (Wildman–Crippen LogP) is 5.97. The van der Waals surface area contributed by atoms with E-state index in [-0.39, 0.29) is 5.69 Å². The van der Waals surface area contributed by atoms with Crippen molar-refractivity contribution in [2.45, 2.75) is 46.6 Å². The summed E-state index contributed by atoms with van der Waals surface area (Å²) in [6.45, 7) is 6.55. The first-order valence-corrected chi connectivity index (χ1v) is 12.8. The second kappa shape index (κ2) is 10.8. The van der Waals surface area contributed by atoms with Crippen LogP contribution in [0.1, 0.15) is 53.4 Å². The number of rotatable bonds is 9. The molecule has 38 heavy (non-hydrogen) atoms. The Morgan fingerprint density at radius 3 is 2.39 bits per heavy atom. The predicted molar refractivity (Wildman–Crippen MR) is 147 cm³/mol. The molecule has 0 amide bonds. The Kier molecular flexibility index (Phi) is 7.13. The van der Waals surface area contributed by atoms with E-state index in [4.69, 9.17) is 0 Å². The lowest BCUT2D eigenvalue weighted by Crippen LogP contribution is -2.14. The van der Waals surface area contributed by atoms with Crippen molar-refractivity contribution in [1.29, 1.82) is 0 Å². The normalized spacial score (nSPS) is 11.1. The van der Waals surface area contributed by atoms with Crippen LogP contribution in [0.5, 0.6) is 0 Å². The van der Waals surface area contributed by atoms with Crippen molar-refractivity contribution < 1.29 is 9.90 Å². The molecular formula is C30H30N6O2. The van der Waals surface area contributed by atoms with Gasteiger partial charge < -0.3 is 9.67 Å². The summed E-state index contributed by atoms with van der Waals surface area (Å²) in [5, 5.41) is 24.7. The zero-order chi connectivity index (χ0) is 26.6. The minimum Gasteiger partial charge on any atom is -0.477 e. The van der Waals surface area contributed by atoms with Crippen molar-refractivity contribution in [1.82, 2.24) is 30.2 Å². The van der Waals surface area contributed by atoms with Crippen LogP contribution in [0.25, 0.3) is 33.6 Å². The highest BCUT2D eigenvalue weighted by Gasteiger charge is 2.22. The van der Waals surface area contributed by atoms with Crippen LogP contribution >= 0.6 is 0 Å². The third-order valence-corrected chi connectivity index (χ3v) is 6.76. The van der Waals surface area contributed by atoms with E-state index in [1.807, 2.05) is 35.8 Å². The number of hydrogen-bond acceptors (Lipinski definition) is 5. The Labute approximate surface area is 221 Å². The molecule has 0 saturated carbocycles. The van der Waals surface area contributed by atoms with Gasteiger partial charge >= 0.3 is 5.97 Å². The van der Waals surface area contributed by atoms with E-state index in [9.17, 15) is 9.90 Å². The van der Waals surface area contributed by atoms with E-state index in [1.165, 1.54) is 0 Å². The first-order chi connectivity index (χ1) is 18.5. The molecule has 0 spiro atoms. The maximum Gasteiger partial charge on any atom is 0.354 e. The number of imidazole rings is 1. The maximum absolute atomic E-state index is 12.1. The van der Waals surface area contributed by atoms with Crippen LogP contribution in [0.4, 0.5) is 0 Å². The van der Waals surface area contributed by atoms with Gasteiger partial charge in [0.1, 0.15) is 5.82 Å². The average Bonchev–Trinajstić information content (AvgIpc) is 3.58. The van der Waals surface area contributed by atoms with Crippen LogP contribution in [0, 0.1) is 6.92 Å². The minimum atomic E-state index is -0.937. The van der Waals surface area contributed by atoms with Gasteiger partial charge in [0.2, 0.25) is 5.82 Å². The van der Waals surface area contributed by atoms with Gasteiger partial charge in [-0.2, -0.15) is 5.21 Å². The molecular weight excluding hydrogens is 476 g/mol. The molecule has 2 aromatic heterocycles. The summed E-state index contributed by atoms with van der Waals surface area (Å²) in [5.41, 5.74) is 8.17. The van der Waals surface area contributed by atoms with Gasteiger partial charge in [0.25, 0.3) is 0 Å². The Bertz CT molecular complexity index is 1570. The maximum atomic E-state index is 12.1. The number of aromatic carboxylic acids is 1. The number of nitrogens with one attached hydrogen (secondary N) is 1. The number of benzene rings is 3. The fourth-order valence-corrected chi connectivity index (χ4v) is 4.98. The molecule has 0 aliphatic rings.